The first-order valence-corrected chi connectivity index (χ1v) is 14.1. The Morgan fingerprint density at radius 2 is 0.878 bits per heavy atom. The van der Waals surface area contributed by atoms with Gasteiger partial charge in [-0.2, -0.15) is 0 Å². The fraction of sp³-hybridized carbons (Fsp3) is 0. The van der Waals surface area contributed by atoms with Crippen molar-refractivity contribution < 1.29 is 0 Å². The third kappa shape index (κ3) is 4.11. The molecule has 41 heavy (non-hydrogen) atoms. The zero-order valence-electron chi connectivity index (χ0n) is 22.5. The van der Waals surface area contributed by atoms with Crippen LogP contribution in [0.5, 0.6) is 0 Å². The van der Waals surface area contributed by atoms with E-state index >= 15 is 0 Å². The van der Waals surface area contributed by atoms with Crippen LogP contribution in [-0.4, -0.2) is 0 Å². The minimum atomic E-state index is 1.13. The summed E-state index contributed by atoms with van der Waals surface area (Å²) in [4.78, 5) is 2.44. The van der Waals surface area contributed by atoms with E-state index in [2.05, 4.69) is 169 Å². The Morgan fingerprint density at radius 1 is 0.317 bits per heavy atom. The molecular weight excluding hydrogens is 494 g/mol. The molecule has 1 nitrogen and oxygen atoms in total. The molecule has 0 radical (unpaired) electrons. The second-order valence-corrected chi connectivity index (χ2v) is 10.6. The van der Waals surface area contributed by atoms with Crippen LogP contribution in [0, 0.1) is 0 Å². The molecule has 0 fully saturated rings. The Bertz CT molecular complexity index is 2210. The molecule has 0 saturated heterocycles. The fourth-order valence-corrected chi connectivity index (χ4v) is 6.13. The smallest absolute Gasteiger partial charge is 0.0546 e. The fourth-order valence-electron chi connectivity index (χ4n) is 6.13. The number of para-hydroxylation sites is 1. The predicted molar refractivity (Wildman–Crippen MR) is 177 cm³/mol. The third-order valence-corrected chi connectivity index (χ3v) is 8.14. The lowest BCUT2D eigenvalue weighted by Crippen LogP contribution is -2.12. The van der Waals surface area contributed by atoms with E-state index in [1.807, 2.05) is 0 Å². The molecule has 0 heterocycles. The normalized spacial score (nSPS) is 11.4. The molecular formula is C40H27N. The van der Waals surface area contributed by atoms with Crippen molar-refractivity contribution in [2.45, 2.75) is 0 Å². The van der Waals surface area contributed by atoms with Crippen molar-refractivity contribution in [3.63, 3.8) is 0 Å². The zero-order chi connectivity index (χ0) is 27.2. The van der Waals surface area contributed by atoms with Crippen LogP contribution in [0.3, 0.4) is 0 Å². The molecule has 0 bridgehead atoms. The summed E-state index contributed by atoms with van der Waals surface area (Å²) in [5.74, 6) is 0. The average Bonchev–Trinajstić information content (AvgIpc) is 3.04. The standard InChI is InChI=1S/C40H27N/c1-2-18-36(19-3-1)41(39-20-10-17-34-24-30-13-6-7-14-31(30)25-37(34)39)40-27-33-16-9-8-15-32(33)26-38(40)35-22-21-28-11-4-5-12-29(28)23-35/h1-27H. The van der Waals surface area contributed by atoms with Gasteiger partial charge in [0, 0.05) is 16.6 Å². The highest BCUT2D eigenvalue weighted by Crippen LogP contribution is 2.45. The van der Waals surface area contributed by atoms with Crippen LogP contribution in [0.2, 0.25) is 0 Å². The molecule has 0 aliphatic heterocycles. The Morgan fingerprint density at radius 3 is 1.61 bits per heavy atom. The molecule has 0 spiro atoms. The quantitative estimate of drug-likeness (QED) is 0.208. The molecule has 0 amide bonds. The van der Waals surface area contributed by atoms with E-state index in [0.717, 1.165) is 17.1 Å². The predicted octanol–water partition coefficient (Wildman–Crippen LogP) is 11.4. The lowest BCUT2D eigenvalue weighted by atomic mass is 9.95. The summed E-state index contributed by atoms with van der Waals surface area (Å²) in [6.45, 7) is 0. The van der Waals surface area contributed by atoms with Gasteiger partial charge in [-0.3, -0.25) is 0 Å². The first kappa shape index (κ1) is 23.5. The summed E-state index contributed by atoms with van der Waals surface area (Å²) in [6, 6.07) is 59.5. The van der Waals surface area contributed by atoms with Crippen LogP contribution in [0.15, 0.2) is 164 Å². The topological polar surface area (TPSA) is 3.24 Å². The van der Waals surface area contributed by atoms with Gasteiger partial charge in [-0.15, -0.1) is 0 Å². The second kappa shape index (κ2) is 9.66. The monoisotopic (exact) mass is 521 g/mol. The van der Waals surface area contributed by atoms with Gasteiger partial charge in [0.25, 0.3) is 0 Å². The molecule has 1 heteroatoms. The van der Waals surface area contributed by atoms with Crippen LogP contribution in [0.25, 0.3) is 54.2 Å². The molecule has 8 aromatic carbocycles. The molecule has 8 aromatic rings. The van der Waals surface area contributed by atoms with E-state index < -0.39 is 0 Å². The van der Waals surface area contributed by atoms with Crippen molar-refractivity contribution >= 4 is 60.2 Å². The largest absolute Gasteiger partial charge is 0.309 e. The Labute approximate surface area is 239 Å². The molecule has 0 saturated carbocycles. The van der Waals surface area contributed by atoms with Gasteiger partial charge < -0.3 is 4.90 Å². The summed E-state index contributed by atoms with van der Waals surface area (Å²) in [5.41, 5.74) is 5.86. The molecule has 0 aliphatic carbocycles. The Hall–Kier alpha value is -5.40. The van der Waals surface area contributed by atoms with Crippen LogP contribution in [0.1, 0.15) is 0 Å². The molecule has 8 rings (SSSR count). The molecule has 0 aliphatic rings. The highest BCUT2D eigenvalue weighted by molar-refractivity contribution is 6.08. The number of benzene rings is 8. The van der Waals surface area contributed by atoms with Crippen molar-refractivity contribution in [1.29, 1.82) is 0 Å². The highest BCUT2D eigenvalue weighted by atomic mass is 15.1. The van der Waals surface area contributed by atoms with Crippen LogP contribution in [-0.2, 0) is 0 Å². The maximum atomic E-state index is 2.44. The minimum Gasteiger partial charge on any atom is -0.309 e. The second-order valence-electron chi connectivity index (χ2n) is 10.6. The van der Waals surface area contributed by atoms with E-state index in [1.54, 1.807) is 0 Å². The van der Waals surface area contributed by atoms with Gasteiger partial charge in [-0.1, -0.05) is 115 Å². The first-order valence-electron chi connectivity index (χ1n) is 14.1. The van der Waals surface area contributed by atoms with Crippen molar-refractivity contribution in [2.24, 2.45) is 0 Å². The van der Waals surface area contributed by atoms with Crippen molar-refractivity contribution in [3.05, 3.63) is 164 Å². The summed E-state index contributed by atoms with van der Waals surface area (Å²) >= 11 is 0. The lowest BCUT2D eigenvalue weighted by Gasteiger charge is -2.29. The van der Waals surface area contributed by atoms with Gasteiger partial charge >= 0.3 is 0 Å². The van der Waals surface area contributed by atoms with Gasteiger partial charge in [0.15, 0.2) is 0 Å². The van der Waals surface area contributed by atoms with Gasteiger partial charge in [0.2, 0.25) is 0 Å². The van der Waals surface area contributed by atoms with Crippen LogP contribution >= 0.6 is 0 Å². The van der Waals surface area contributed by atoms with Gasteiger partial charge in [0.1, 0.15) is 0 Å². The minimum absolute atomic E-state index is 1.13. The number of nitrogens with zero attached hydrogens (tertiary/aromatic N) is 1. The van der Waals surface area contributed by atoms with E-state index in [1.165, 1.54) is 54.2 Å². The van der Waals surface area contributed by atoms with Crippen LogP contribution in [0.4, 0.5) is 17.1 Å². The summed E-state index contributed by atoms with van der Waals surface area (Å²) in [7, 11) is 0. The number of hydrogen-bond donors (Lipinski definition) is 0. The van der Waals surface area contributed by atoms with E-state index in [-0.39, 0.29) is 0 Å². The molecule has 192 valence electrons. The van der Waals surface area contributed by atoms with Gasteiger partial charge in [0.05, 0.1) is 11.4 Å². The number of fused-ring (bicyclic) bond motifs is 4. The Kier molecular flexibility index (Phi) is 5.53. The average molecular weight is 522 g/mol. The van der Waals surface area contributed by atoms with Crippen molar-refractivity contribution in [1.82, 2.24) is 0 Å². The summed E-state index contributed by atoms with van der Waals surface area (Å²) in [5, 5.41) is 9.91. The van der Waals surface area contributed by atoms with E-state index in [9.17, 15) is 0 Å². The number of anilines is 3. The molecule has 0 N–H and O–H groups in total. The van der Waals surface area contributed by atoms with Crippen molar-refractivity contribution in [3.8, 4) is 11.1 Å². The summed E-state index contributed by atoms with van der Waals surface area (Å²) < 4.78 is 0. The van der Waals surface area contributed by atoms with Gasteiger partial charge in [-0.25, -0.2) is 0 Å². The zero-order valence-corrected chi connectivity index (χ0v) is 22.5. The van der Waals surface area contributed by atoms with Crippen LogP contribution < -0.4 is 4.90 Å². The SMILES string of the molecule is c1ccc(N(c2cc3ccccc3cc2-c2ccc3ccccc3c2)c2cccc3cc4ccccc4cc23)cc1. The Balaban J connectivity index is 1.46. The lowest BCUT2D eigenvalue weighted by molar-refractivity contribution is 1.30. The molecule has 0 unspecified atom stereocenters. The number of rotatable bonds is 4. The maximum absolute atomic E-state index is 2.44. The van der Waals surface area contributed by atoms with E-state index in [4.69, 9.17) is 0 Å². The summed E-state index contributed by atoms with van der Waals surface area (Å²) in [6.07, 6.45) is 0. The van der Waals surface area contributed by atoms with E-state index in [0.29, 0.717) is 0 Å². The van der Waals surface area contributed by atoms with Gasteiger partial charge in [-0.05, 0) is 91.8 Å². The maximum Gasteiger partial charge on any atom is 0.0546 e. The molecule has 0 atom stereocenters. The molecule has 0 aromatic heterocycles. The third-order valence-electron chi connectivity index (χ3n) is 8.14. The first-order chi connectivity index (χ1) is 20.3. The number of hydrogen-bond acceptors (Lipinski definition) is 1. The van der Waals surface area contributed by atoms with Crippen molar-refractivity contribution in [2.75, 3.05) is 4.90 Å². The highest BCUT2D eigenvalue weighted by Gasteiger charge is 2.20.